The van der Waals surface area contributed by atoms with E-state index < -0.39 is 0 Å². The second-order valence-corrected chi connectivity index (χ2v) is 25.1. The summed E-state index contributed by atoms with van der Waals surface area (Å²) in [7, 11) is 0. The minimum atomic E-state index is -0.103. The van der Waals surface area contributed by atoms with Crippen molar-refractivity contribution in [3.05, 3.63) is 95.3 Å². The van der Waals surface area contributed by atoms with Crippen LogP contribution in [0.5, 0.6) is 0 Å². The van der Waals surface area contributed by atoms with Crippen molar-refractivity contribution in [2.75, 3.05) is 67.9 Å². The normalized spacial score (nSPS) is 21.6. The molecule has 4 saturated heterocycles. The van der Waals surface area contributed by atoms with Gasteiger partial charge in [0, 0.05) is 58.4 Å². The molecule has 0 amide bonds. The van der Waals surface area contributed by atoms with E-state index in [0.29, 0.717) is 52.6 Å². The van der Waals surface area contributed by atoms with Crippen LogP contribution in [0.1, 0.15) is 116 Å². The van der Waals surface area contributed by atoms with Gasteiger partial charge in [0.15, 0.2) is 5.82 Å². The molecule has 4 aromatic rings. The number of anilines is 3. The Morgan fingerprint density at radius 2 is 1.00 bits per heavy atom. The lowest BCUT2D eigenvalue weighted by atomic mass is 9.67. The van der Waals surface area contributed by atoms with Gasteiger partial charge in [-0.3, -0.25) is 0 Å². The van der Waals surface area contributed by atoms with Crippen LogP contribution in [-0.4, -0.2) is 106 Å². The van der Waals surface area contributed by atoms with E-state index in [1.807, 2.05) is 32.0 Å². The molecule has 2 aromatic heterocycles. The van der Waals surface area contributed by atoms with E-state index >= 15 is 0 Å². The fourth-order valence-corrected chi connectivity index (χ4v) is 13.0. The maximum Gasteiger partial charge on any atom is 0.373 e. The Balaban J connectivity index is 0.000000252. The van der Waals surface area contributed by atoms with Gasteiger partial charge < -0.3 is 30.7 Å². The standard InChI is InChI=1S/C26H34Cl3N5.C14H26N2.C12H9Cl4N3.2CO2.2ClH/c1-16(21-7-6-19(27)9-22(21)28)31-24-23(29)12-30-25(32-24)34-14-18(15-34)17-5-4-8-33(13-17)20-10-26(2,3)11-20;1-14(2)6-13(7-14)16-5-3-4-11(10-16)12-8-15-9-12;1-6(8-3-2-7(13)4-9(8)14)18-11-10(15)5-17-12(16)19-11;2*2-1-3;;/h6-7,9,12,16-18,20H,4-5,8,10-11,13-15H2,1-3H3,(H,30,31,32);11-13,15H,3-10H2,1-2H3;2-6H,1H3,(H,17,18,19);;;2*1H/t16-,17+;11-;6-;;;;/m101..../s1. The fourth-order valence-electron chi connectivity index (χ4n) is 11.4. The van der Waals surface area contributed by atoms with Crippen LogP contribution in [0.2, 0.25) is 35.4 Å². The number of likely N-dealkylation sites (tertiary alicyclic amines) is 2. The third-order valence-electron chi connectivity index (χ3n) is 15.5. The summed E-state index contributed by atoms with van der Waals surface area (Å²) in [5.74, 6) is 5.33. The number of nitrogens with one attached hydrogen (secondary N) is 3. The zero-order valence-corrected chi connectivity index (χ0v) is 51.2. The highest BCUT2D eigenvalue weighted by Gasteiger charge is 2.44. The van der Waals surface area contributed by atoms with Gasteiger partial charge in [0.1, 0.15) is 15.9 Å². The van der Waals surface area contributed by atoms with E-state index in [0.717, 1.165) is 65.9 Å². The Bertz CT molecular complexity index is 2570. The third kappa shape index (κ3) is 19.2. The van der Waals surface area contributed by atoms with Crippen LogP contribution in [0.3, 0.4) is 0 Å². The molecule has 77 heavy (non-hydrogen) atoms. The highest BCUT2D eigenvalue weighted by molar-refractivity contribution is 6.36. The van der Waals surface area contributed by atoms with Crippen LogP contribution in [0, 0.1) is 34.5 Å². The Labute approximate surface area is 501 Å². The van der Waals surface area contributed by atoms with Crippen LogP contribution in [0.15, 0.2) is 48.8 Å². The lowest BCUT2D eigenvalue weighted by Crippen LogP contribution is -2.57. The molecule has 2 saturated carbocycles. The van der Waals surface area contributed by atoms with Crippen molar-refractivity contribution in [3.63, 3.8) is 0 Å². The van der Waals surface area contributed by atoms with Gasteiger partial charge in [-0.15, -0.1) is 24.8 Å². The molecule has 10 rings (SSSR count). The van der Waals surface area contributed by atoms with Crippen molar-refractivity contribution in [2.45, 2.75) is 117 Å². The first-order valence-electron chi connectivity index (χ1n) is 25.7. The zero-order chi connectivity index (χ0) is 54.6. The van der Waals surface area contributed by atoms with Crippen LogP contribution in [-0.2, 0) is 19.2 Å². The summed E-state index contributed by atoms with van der Waals surface area (Å²) < 4.78 is 0. The van der Waals surface area contributed by atoms with Gasteiger partial charge >= 0.3 is 12.3 Å². The number of piperidine rings is 2. The highest BCUT2D eigenvalue weighted by Crippen LogP contribution is 2.46. The first-order chi connectivity index (χ1) is 35.6. The van der Waals surface area contributed by atoms with Crippen molar-refractivity contribution in [2.24, 2.45) is 34.5 Å². The predicted octanol–water partition coefficient (Wildman–Crippen LogP) is 14.0. The molecule has 3 N–H and O–H groups in total. The second kappa shape index (κ2) is 30.9. The maximum atomic E-state index is 8.12. The van der Waals surface area contributed by atoms with Crippen molar-refractivity contribution < 1.29 is 19.2 Å². The predicted molar refractivity (Wildman–Crippen MR) is 315 cm³/mol. The topological polar surface area (TPSA) is 166 Å². The molecule has 14 nitrogen and oxygen atoms in total. The van der Waals surface area contributed by atoms with Crippen molar-refractivity contribution in [3.8, 4) is 0 Å². The van der Waals surface area contributed by atoms with Crippen LogP contribution < -0.4 is 20.9 Å². The Morgan fingerprint density at radius 1 is 0.584 bits per heavy atom. The molecule has 424 valence electrons. The largest absolute Gasteiger partial charge is 0.373 e. The molecule has 2 aliphatic carbocycles. The summed E-state index contributed by atoms with van der Waals surface area (Å²) in [4.78, 5) is 57.4. The Hall–Kier alpha value is -2.75. The summed E-state index contributed by atoms with van der Waals surface area (Å²) in [6.45, 7) is 23.5. The van der Waals surface area contributed by atoms with E-state index in [1.165, 1.54) is 96.8 Å². The van der Waals surface area contributed by atoms with Crippen LogP contribution in [0.25, 0.3) is 0 Å². The minimum Gasteiger partial charge on any atom is -0.362 e. The van der Waals surface area contributed by atoms with E-state index in [-0.39, 0.29) is 54.5 Å². The van der Waals surface area contributed by atoms with Crippen molar-refractivity contribution >= 4 is 136 Å². The third-order valence-corrected chi connectivity index (χ3v) is 17.4. The van der Waals surface area contributed by atoms with Gasteiger partial charge in [0.25, 0.3) is 0 Å². The molecule has 0 radical (unpaired) electrons. The lowest BCUT2D eigenvalue weighted by Gasteiger charge is -2.53. The fraction of sp³-hybridized carbons (Fsp3) is 0.593. The van der Waals surface area contributed by atoms with E-state index in [9.17, 15) is 0 Å². The number of rotatable bonds is 11. The average molecular weight is 1240 g/mol. The monoisotopic (exact) mass is 1240 g/mol. The number of halogens is 9. The molecule has 0 unspecified atom stereocenters. The Morgan fingerprint density at radius 3 is 1.40 bits per heavy atom. The SMILES string of the molecule is CC1(C)CC(N2CCC[C@H](C3CNC3)C2)C1.C[C@@H](Nc1nc(Cl)ncc1Cl)c1ccc(Cl)cc1Cl.C[C@@H](Nc1nc(N2CC([C@H]3CCCN(C4CC(C)(C)C4)C3)C2)ncc1Cl)c1ccc(Cl)cc1Cl.Cl.Cl.O=C=O.O=C=O. The number of aromatic nitrogens is 4. The molecule has 0 spiro atoms. The Kier molecular flexibility index (Phi) is 26.8. The highest BCUT2D eigenvalue weighted by atomic mass is 35.5. The summed E-state index contributed by atoms with van der Waals surface area (Å²) >= 11 is 42.6. The van der Waals surface area contributed by atoms with E-state index in [4.69, 9.17) is 105 Å². The molecule has 23 heteroatoms. The van der Waals surface area contributed by atoms with Gasteiger partial charge in [0.2, 0.25) is 11.2 Å². The number of hydrogen-bond donors (Lipinski definition) is 3. The quantitative estimate of drug-likeness (QED) is 0.121. The van der Waals surface area contributed by atoms with Gasteiger partial charge in [-0.05, 0) is 173 Å². The van der Waals surface area contributed by atoms with Crippen molar-refractivity contribution in [1.29, 1.82) is 0 Å². The molecule has 4 aliphatic heterocycles. The second-order valence-electron chi connectivity index (χ2n) is 22.3. The maximum absolute atomic E-state index is 8.12. The summed E-state index contributed by atoms with van der Waals surface area (Å²) in [6, 6.07) is 12.4. The molecule has 2 aromatic carbocycles. The molecule has 6 fully saturated rings. The molecule has 6 heterocycles. The van der Waals surface area contributed by atoms with Gasteiger partial charge in [-0.2, -0.15) is 29.1 Å². The van der Waals surface area contributed by atoms with E-state index in [2.05, 4.69) is 73.3 Å². The van der Waals surface area contributed by atoms with E-state index in [1.54, 1.807) is 24.4 Å². The summed E-state index contributed by atoms with van der Waals surface area (Å²) in [5, 5.41) is 13.4. The van der Waals surface area contributed by atoms with Crippen LogP contribution in [0.4, 0.5) is 17.6 Å². The van der Waals surface area contributed by atoms with Crippen LogP contribution >= 0.6 is 106 Å². The van der Waals surface area contributed by atoms with Gasteiger partial charge in [-0.1, -0.05) is 109 Å². The summed E-state index contributed by atoms with van der Waals surface area (Å²) in [5.41, 5.74) is 3.01. The molecule has 0 bridgehead atoms. The lowest BCUT2D eigenvalue weighted by molar-refractivity contribution is -0.193. The minimum absolute atomic E-state index is 0. The number of carbonyl (C=O) groups excluding carboxylic acids is 4. The zero-order valence-electron chi connectivity index (χ0n) is 44.3. The number of hydrogen-bond acceptors (Lipinski definition) is 14. The van der Waals surface area contributed by atoms with Crippen molar-refractivity contribution in [1.82, 2.24) is 35.1 Å². The first-order valence-corrected chi connectivity index (χ1v) is 28.3. The van der Waals surface area contributed by atoms with Gasteiger partial charge in [0.05, 0.1) is 24.5 Å². The number of nitrogens with zero attached hydrogens (tertiary/aromatic N) is 7. The molecular weight excluding hydrogens is 1170 g/mol. The van der Waals surface area contributed by atoms with Gasteiger partial charge in [-0.25, -0.2) is 9.97 Å². The molecular formula is C54H71Cl9N10O4. The molecule has 4 atom stereocenters. The average Bonchev–Trinajstić information content (AvgIpc) is 3.29. The number of benzene rings is 2. The molecule has 6 aliphatic rings. The summed E-state index contributed by atoms with van der Waals surface area (Å²) in [6.07, 6.45) is 14.8. The first kappa shape index (κ1) is 66.8. The smallest absolute Gasteiger partial charge is 0.362 e.